The van der Waals surface area contributed by atoms with E-state index < -0.39 is 0 Å². The van der Waals surface area contributed by atoms with Gasteiger partial charge in [-0.3, -0.25) is 0 Å². The van der Waals surface area contributed by atoms with Crippen LogP contribution in [-0.4, -0.2) is 26.1 Å². The highest BCUT2D eigenvalue weighted by molar-refractivity contribution is 5.38. The lowest BCUT2D eigenvalue weighted by molar-refractivity contribution is 0.0508. The molecule has 1 rings (SSSR count). The Hall–Kier alpha value is -1.26. The number of aliphatic hydroxyl groups excluding tert-OH is 1. The van der Waals surface area contributed by atoms with Gasteiger partial charge in [-0.05, 0) is 17.7 Å². The van der Waals surface area contributed by atoms with Crippen molar-refractivity contribution in [2.75, 3.05) is 21.0 Å². The smallest absolute Gasteiger partial charge is 0.188 e. The van der Waals surface area contributed by atoms with Gasteiger partial charge >= 0.3 is 0 Å². The largest absolute Gasteiger partial charge is 0.497 e. The molecule has 4 nitrogen and oxygen atoms in total. The quantitative estimate of drug-likeness (QED) is 0.721. The summed E-state index contributed by atoms with van der Waals surface area (Å²) in [6.07, 6.45) is 0. The van der Waals surface area contributed by atoms with Crippen LogP contribution in [0.5, 0.6) is 11.5 Å². The van der Waals surface area contributed by atoms with E-state index in [4.69, 9.17) is 19.3 Å². The standard InChI is InChI=1S/C10H14O4/c1-12-7-14-10-4-8(6-11)3-9(5-10)13-2/h3-5,11H,6-7H2,1-2H3. The van der Waals surface area contributed by atoms with E-state index in [1.807, 2.05) is 0 Å². The molecule has 0 aromatic heterocycles. The van der Waals surface area contributed by atoms with Crippen molar-refractivity contribution in [1.82, 2.24) is 0 Å². The highest BCUT2D eigenvalue weighted by Gasteiger charge is 2.01. The van der Waals surface area contributed by atoms with E-state index in [-0.39, 0.29) is 13.4 Å². The van der Waals surface area contributed by atoms with Gasteiger partial charge in [-0.15, -0.1) is 0 Å². The minimum absolute atomic E-state index is 0.0411. The van der Waals surface area contributed by atoms with Crippen molar-refractivity contribution in [3.05, 3.63) is 23.8 Å². The lowest BCUT2D eigenvalue weighted by Gasteiger charge is -2.08. The molecule has 4 heteroatoms. The van der Waals surface area contributed by atoms with Gasteiger partial charge in [-0.25, -0.2) is 0 Å². The normalized spacial score (nSPS) is 9.93. The predicted octanol–water partition coefficient (Wildman–Crippen LogP) is 1.17. The van der Waals surface area contributed by atoms with Gasteiger partial charge in [0.2, 0.25) is 0 Å². The van der Waals surface area contributed by atoms with Crippen LogP contribution >= 0.6 is 0 Å². The highest BCUT2D eigenvalue weighted by atomic mass is 16.7. The third kappa shape index (κ3) is 2.90. The molecule has 0 fully saturated rings. The second-order valence-electron chi connectivity index (χ2n) is 2.73. The topological polar surface area (TPSA) is 47.9 Å². The maximum absolute atomic E-state index is 8.97. The van der Waals surface area contributed by atoms with Crippen LogP contribution in [0.25, 0.3) is 0 Å². The van der Waals surface area contributed by atoms with Crippen LogP contribution in [-0.2, 0) is 11.3 Å². The second kappa shape index (κ2) is 5.47. The van der Waals surface area contributed by atoms with E-state index in [2.05, 4.69) is 0 Å². The van der Waals surface area contributed by atoms with Gasteiger partial charge < -0.3 is 19.3 Å². The lowest BCUT2D eigenvalue weighted by Crippen LogP contribution is -2.00. The van der Waals surface area contributed by atoms with Crippen LogP contribution in [0.1, 0.15) is 5.56 Å². The van der Waals surface area contributed by atoms with Crippen molar-refractivity contribution in [2.45, 2.75) is 6.61 Å². The zero-order valence-electron chi connectivity index (χ0n) is 8.32. The Bertz CT molecular complexity index is 263. The Morgan fingerprint density at radius 2 is 1.86 bits per heavy atom. The minimum atomic E-state index is -0.0411. The summed E-state index contributed by atoms with van der Waals surface area (Å²) in [6.45, 7) is 0.137. The first-order chi connectivity index (χ1) is 6.80. The molecular weight excluding hydrogens is 184 g/mol. The van der Waals surface area contributed by atoms with Crippen molar-refractivity contribution in [2.24, 2.45) is 0 Å². The van der Waals surface area contributed by atoms with Crippen LogP contribution in [0.15, 0.2) is 18.2 Å². The molecule has 0 unspecified atom stereocenters. The number of methoxy groups -OCH3 is 2. The Labute approximate surface area is 83.0 Å². The molecule has 0 spiro atoms. The number of aliphatic hydroxyl groups is 1. The monoisotopic (exact) mass is 198 g/mol. The van der Waals surface area contributed by atoms with Crippen molar-refractivity contribution >= 4 is 0 Å². The molecule has 0 radical (unpaired) electrons. The maximum atomic E-state index is 8.97. The average Bonchev–Trinajstić information content (AvgIpc) is 2.25. The molecular formula is C10H14O4. The summed E-state index contributed by atoms with van der Waals surface area (Å²) in [6, 6.07) is 5.22. The first kappa shape index (κ1) is 10.8. The van der Waals surface area contributed by atoms with Crippen LogP contribution in [0.4, 0.5) is 0 Å². The van der Waals surface area contributed by atoms with E-state index in [1.54, 1.807) is 32.4 Å². The fraction of sp³-hybridized carbons (Fsp3) is 0.400. The number of hydrogen-bond acceptors (Lipinski definition) is 4. The number of rotatable bonds is 5. The molecule has 78 valence electrons. The number of ether oxygens (including phenoxy) is 3. The molecule has 0 saturated carbocycles. The Kier molecular flexibility index (Phi) is 4.22. The van der Waals surface area contributed by atoms with Crippen molar-refractivity contribution in [1.29, 1.82) is 0 Å². The lowest BCUT2D eigenvalue weighted by atomic mass is 10.2. The van der Waals surface area contributed by atoms with E-state index in [0.29, 0.717) is 11.5 Å². The van der Waals surface area contributed by atoms with Gasteiger partial charge in [0, 0.05) is 13.2 Å². The third-order valence-electron chi connectivity index (χ3n) is 1.70. The molecule has 0 heterocycles. The molecule has 0 amide bonds. The molecule has 0 bridgehead atoms. The van der Waals surface area contributed by atoms with Crippen molar-refractivity contribution in [3.8, 4) is 11.5 Å². The SMILES string of the molecule is COCOc1cc(CO)cc(OC)c1. The molecule has 0 aliphatic heterocycles. The van der Waals surface area contributed by atoms with Gasteiger partial charge in [0.15, 0.2) is 6.79 Å². The van der Waals surface area contributed by atoms with Gasteiger partial charge in [-0.2, -0.15) is 0 Å². The molecule has 0 atom stereocenters. The van der Waals surface area contributed by atoms with Crippen LogP contribution in [0.2, 0.25) is 0 Å². The number of hydrogen-bond donors (Lipinski definition) is 1. The summed E-state index contributed by atoms with van der Waals surface area (Å²) in [5.74, 6) is 1.28. The predicted molar refractivity (Wildman–Crippen MR) is 51.4 cm³/mol. The van der Waals surface area contributed by atoms with E-state index >= 15 is 0 Å². The van der Waals surface area contributed by atoms with Gasteiger partial charge in [-0.1, -0.05) is 0 Å². The number of benzene rings is 1. The Morgan fingerprint density at radius 1 is 1.14 bits per heavy atom. The summed E-state index contributed by atoms with van der Waals surface area (Å²) in [7, 11) is 3.11. The summed E-state index contributed by atoms with van der Waals surface area (Å²) < 4.78 is 15.0. The van der Waals surface area contributed by atoms with E-state index in [1.165, 1.54) is 0 Å². The molecule has 1 aromatic rings. The van der Waals surface area contributed by atoms with E-state index in [0.717, 1.165) is 5.56 Å². The summed E-state index contributed by atoms with van der Waals surface area (Å²) >= 11 is 0. The molecule has 0 saturated heterocycles. The molecule has 14 heavy (non-hydrogen) atoms. The van der Waals surface area contributed by atoms with Gasteiger partial charge in [0.1, 0.15) is 11.5 Å². The minimum Gasteiger partial charge on any atom is -0.497 e. The summed E-state index contributed by atoms with van der Waals surface area (Å²) in [5, 5.41) is 8.97. The highest BCUT2D eigenvalue weighted by Crippen LogP contribution is 2.22. The van der Waals surface area contributed by atoms with Gasteiger partial charge in [0.25, 0.3) is 0 Å². The molecule has 1 aromatic carbocycles. The summed E-state index contributed by atoms with van der Waals surface area (Å²) in [4.78, 5) is 0. The first-order valence-corrected chi connectivity index (χ1v) is 4.20. The zero-order valence-corrected chi connectivity index (χ0v) is 8.32. The van der Waals surface area contributed by atoms with Crippen LogP contribution < -0.4 is 9.47 Å². The van der Waals surface area contributed by atoms with Crippen LogP contribution in [0, 0.1) is 0 Å². The Morgan fingerprint density at radius 3 is 2.43 bits per heavy atom. The van der Waals surface area contributed by atoms with Crippen molar-refractivity contribution in [3.63, 3.8) is 0 Å². The Balaban J connectivity index is 2.81. The molecule has 0 aliphatic carbocycles. The first-order valence-electron chi connectivity index (χ1n) is 4.20. The fourth-order valence-corrected chi connectivity index (χ4v) is 1.05. The molecule has 0 aliphatic rings. The zero-order chi connectivity index (χ0) is 10.4. The van der Waals surface area contributed by atoms with Crippen molar-refractivity contribution < 1.29 is 19.3 Å². The van der Waals surface area contributed by atoms with E-state index in [9.17, 15) is 0 Å². The maximum Gasteiger partial charge on any atom is 0.188 e. The average molecular weight is 198 g/mol. The summed E-state index contributed by atoms with van der Waals surface area (Å²) in [5.41, 5.74) is 0.746. The second-order valence-corrected chi connectivity index (χ2v) is 2.73. The van der Waals surface area contributed by atoms with Gasteiger partial charge in [0.05, 0.1) is 13.7 Å². The fourth-order valence-electron chi connectivity index (χ4n) is 1.05. The molecule has 1 N–H and O–H groups in total. The van der Waals surface area contributed by atoms with Crippen LogP contribution in [0.3, 0.4) is 0 Å². The third-order valence-corrected chi connectivity index (χ3v) is 1.70.